The molecule has 4 rings (SSSR count). The normalized spacial score (nSPS) is 16.4. The van der Waals surface area contributed by atoms with Gasteiger partial charge >= 0.3 is 0 Å². The number of para-hydroxylation sites is 2. The highest BCUT2D eigenvalue weighted by Crippen LogP contribution is 2.27. The van der Waals surface area contributed by atoms with E-state index in [-0.39, 0.29) is 0 Å². The summed E-state index contributed by atoms with van der Waals surface area (Å²) in [6.45, 7) is 9.79. The van der Waals surface area contributed by atoms with Crippen LogP contribution < -0.4 is 20.3 Å². The second-order valence-corrected chi connectivity index (χ2v) is 8.60. The number of guanidine groups is 1. The Labute approximate surface area is 196 Å². The van der Waals surface area contributed by atoms with Gasteiger partial charge in [-0.3, -0.25) is 4.99 Å². The van der Waals surface area contributed by atoms with E-state index in [4.69, 9.17) is 9.73 Å². The highest BCUT2D eigenvalue weighted by atomic mass is 16.5. The van der Waals surface area contributed by atoms with Crippen LogP contribution in [0.2, 0.25) is 0 Å². The highest BCUT2D eigenvalue weighted by molar-refractivity contribution is 5.79. The Morgan fingerprint density at radius 3 is 2.91 bits per heavy atom. The maximum atomic E-state index is 5.37. The van der Waals surface area contributed by atoms with Crippen molar-refractivity contribution in [3.63, 3.8) is 0 Å². The third kappa shape index (κ3) is 5.78. The summed E-state index contributed by atoms with van der Waals surface area (Å²) in [5.74, 6) is 3.45. The third-order valence-corrected chi connectivity index (χ3v) is 6.25. The summed E-state index contributed by atoms with van der Waals surface area (Å²) < 4.78 is 7.67. The lowest BCUT2D eigenvalue weighted by Gasteiger charge is -2.19. The fourth-order valence-electron chi connectivity index (χ4n) is 4.51. The lowest BCUT2D eigenvalue weighted by Crippen LogP contribution is -2.38. The molecule has 1 aliphatic heterocycles. The number of ether oxygens (including phenoxy) is 1. The number of imidazole rings is 1. The lowest BCUT2D eigenvalue weighted by molar-refractivity contribution is 0.415. The second-order valence-electron chi connectivity index (χ2n) is 8.60. The summed E-state index contributed by atoms with van der Waals surface area (Å²) in [5, 5.41) is 6.90. The molecule has 2 N–H and O–H groups in total. The minimum absolute atomic E-state index is 0.562. The summed E-state index contributed by atoms with van der Waals surface area (Å²) in [7, 11) is 1.72. The number of aliphatic imine (C=N–C) groups is 1. The molecule has 1 aliphatic rings. The van der Waals surface area contributed by atoms with Crippen molar-refractivity contribution in [2.24, 2.45) is 10.9 Å². The van der Waals surface area contributed by atoms with Gasteiger partial charge in [-0.1, -0.05) is 18.2 Å². The topological polar surface area (TPSA) is 66.7 Å². The van der Waals surface area contributed by atoms with Crippen LogP contribution in [-0.4, -0.2) is 55.3 Å². The molecule has 0 spiro atoms. The first-order chi connectivity index (χ1) is 16.2. The number of fused-ring (bicyclic) bond motifs is 1. The predicted octanol–water partition coefficient (Wildman–Crippen LogP) is 3.83. The molecule has 1 saturated heterocycles. The number of rotatable bonds is 9. The van der Waals surface area contributed by atoms with E-state index >= 15 is 0 Å². The van der Waals surface area contributed by atoms with Crippen molar-refractivity contribution in [3.05, 3.63) is 54.4 Å². The van der Waals surface area contributed by atoms with Crippen molar-refractivity contribution in [2.45, 2.75) is 33.2 Å². The van der Waals surface area contributed by atoms with Crippen LogP contribution in [0.5, 0.6) is 5.75 Å². The van der Waals surface area contributed by atoms with Crippen LogP contribution in [0.15, 0.2) is 53.5 Å². The van der Waals surface area contributed by atoms with Crippen LogP contribution in [0.1, 0.15) is 25.6 Å². The van der Waals surface area contributed by atoms with E-state index in [1.807, 2.05) is 12.1 Å². The average Bonchev–Trinajstić information content (AvgIpc) is 3.44. The molecule has 176 valence electrons. The molecule has 2 heterocycles. The van der Waals surface area contributed by atoms with E-state index in [2.05, 4.69) is 75.3 Å². The number of hydrogen-bond acceptors (Lipinski definition) is 4. The quantitative estimate of drug-likeness (QED) is 0.296. The molecule has 1 atom stereocenters. The molecule has 0 amide bonds. The van der Waals surface area contributed by atoms with Gasteiger partial charge in [-0.2, -0.15) is 0 Å². The van der Waals surface area contributed by atoms with Gasteiger partial charge in [0.25, 0.3) is 0 Å². The molecule has 0 aliphatic carbocycles. The van der Waals surface area contributed by atoms with Crippen LogP contribution in [0.4, 0.5) is 5.69 Å². The largest absolute Gasteiger partial charge is 0.497 e. The Kier molecular flexibility index (Phi) is 7.70. The smallest absolute Gasteiger partial charge is 0.191 e. The predicted molar refractivity (Wildman–Crippen MR) is 136 cm³/mol. The fraction of sp³-hybridized carbons (Fsp3) is 0.462. The molecule has 33 heavy (non-hydrogen) atoms. The van der Waals surface area contributed by atoms with Gasteiger partial charge in [0.1, 0.15) is 11.6 Å². The Balaban J connectivity index is 1.26. The van der Waals surface area contributed by atoms with Crippen molar-refractivity contribution < 1.29 is 4.74 Å². The Morgan fingerprint density at radius 1 is 1.18 bits per heavy atom. The van der Waals surface area contributed by atoms with E-state index in [0.29, 0.717) is 5.92 Å². The number of aromatic nitrogens is 2. The van der Waals surface area contributed by atoms with E-state index in [1.165, 1.54) is 11.2 Å². The van der Waals surface area contributed by atoms with Gasteiger partial charge in [-0.05, 0) is 56.9 Å². The molecular weight excluding hydrogens is 412 g/mol. The van der Waals surface area contributed by atoms with Crippen LogP contribution in [0.25, 0.3) is 11.0 Å². The van der Waals surface area contributed by atoms with Crippen LogP contribution in [0, 0.1) is 12.8 Å². The highest BCUT2D eigenvalue weighted by Gasteiger charge is 2.22. The molecule has 1 unspecified atom stereocenters. The molecule has 7 nitrogen and oxygen atoms in total. The Morgan fingerprint density at radius 2 is 2.06 bits per heavy atom. The monoisotopic (exact) mass is 448 g/mol. The summed E-state index contributed by atoms with van der Waals surface area (Å²) in [6.07, 6.45) is 2.17. The van der Waals surface area contributed by atoms with Crippen LogP contribution in [-0.2, 0) is 6.54 Å². The molecule has 0 radical (unpaired) electrons. The van der Waals surface area contributed by atoms with Gasteiger partial charge in [0.2, 0.25) is 0 Å². The lowest BCUT2D eigenvalue weighted by atomic mass is 10.1. The molecule has 1 aromatic heterocycles. The first-order valence-electron chi connectivity index (χ1n) is 12.0. The molecule has 2 aromatic carbocycles. The Bertz CT molecular complexity index is 1080. The van der Waals surface area contributed by atoms with E-state index in [1.54, 1.807) is 7.11 Å². The standard InChI is InChI=1S/C26H36N6O/c1-4-27-26(28-14-8-15-32-20(2)30-24-11-5-6-12-25(24)32)29-18-21-13-16-31(19-21)22-9-7-10-23(17-22)33-3/h5-7,9-12,17,21H,4,8,13-16,18-19H2,1-3H3,(H2,27,28,29). The summed E-state index contributed by atoms with van der Waals surface area (Å²) in [4.78, 5) is 12.0. The third-order valence-electron chi connectivity index (χ3n) is 6.25. The van der Waals surface area contributed by atoms with E-state index < -0.39 is 0 Å². The number of nitrogens with zero attached hydrogens (tertiary/aromatic N) is 4. The van der Waals surface area contributed by atoms with Crippen LogP contribution in [0.3, 0.4) is 0 Å². The first kappa shape index (κ1) is 23.0. The van der Waals surface area contributed by atoms with Gasteiger partial charge < -0.3 is 24.8 Å². The molecule has 1 fully saturated rings. The molecule has 0 saturated carbocycles. The molecule has 7 heteroatoms. The minimum atomic E-state index is 0.562. The fourth-order valence-corrected chi connectivity index (χ4v) is 4.51. The summed E-state index contributed by atoms with van der Waals surface area (Å²) in [5.41, 5.74) is 3.50. The number of anilines is 1. The summed E-state index contributed by atoms with van der Waals surface area (Å²) in [6, 6.07) is 16.7. The zero-order valence-corrected chi connectivity index (χ0v) is 20.1. The average molecular weight is 449 g/mol. The number of nitrogens with one attached hydrogen (secondary N) is 2. The number of methoxy groups -OCH3 is 1. The Hall–Kier alpha value is -3.22. The summed E-state index contributed by atoms with van der Waals surface area (Å²) >= 11 is 0. The number of aryl methyl sites for hydroxylation is 2. The maximum Gasteiger partial charge on any atom is 0.191 e. The van der Waals surface area contributed by atoms with Gasteiger partial charge in [-0.15, -0.1) is 0 Å². The van der Waals surface area contributed by atoms with E-state index in [0.717, 1.165) is 75.2 Å². The van der Waals surface area contributed by atoms with E-state index in [9.17, 15) is 0 Å². The first-order valence-corrected chi connectivity index (χ1v) is 12.0. The zero-order chi connectivity index (χ0) is 23.0. The van der Waals surface area contributed by atoms with Crippen molar-refractivity contribution in [1.29, 1.82) is 0 Å². The zero-order valence-electron chi connectivity index (χ0n) is 20.1. The molecule has 0 bridgehead atoms. The maximum absolute atomic E-state index is 5.37. The number of benzene rings is 2. The van der Waals surface area contributed by atoms with Gasteiger partial charge in [0.15, 0.2) is 5.96 Å². The van der Waals surface area contributed by atoms with Crippen molar-refractivity contribution in [1.82, 2.24) is 20.2 Å². The molecule has 3 aromatic rings. The van der Waals surface area contributed by atoms with Gasteiger partial charge in [-0.25, -0.2) is 4.98 Å². The van der Waals surface area contributed by atoms with Crippen LogP contribution >= 0.6 is 0 Å². The van der Waals surface area contributed by atoms with Gasteiger partial charge in [0.05, 0.1) is 18.1 Å². The minimum Gasteiger partial charge on any atom is -0.497 e. The van der Waals surface area contributed by atoms with Crippen molar-refractivity contribution in [2.75, 3.05) is 44.7 Å². The number of hydrogen-bond donors (Lipinski definition) is 2. The second kappa shape index (κ2) is 11.1. The van der Waals surface area contributed by atoms with Crippen molar-refractivity contribution >= 4 is 22.7 Å². The van der Waals surface area contributed by atoms with Gasteiger partial charge in [0, 0.05) is 51.0 Å². The SMILES string of the molecule is CCNC(=NCC1CCN(c2cccc(OC)c2)C1)NCCCn1c(C)nc2ccccc21. The van der Waals surface area contributed by atoms with Crippen molar-refractivity contribution in [3.8, 4) is 5.75 Å². The molecular formula is C26H36N6O.